The van der Waals surface area contributed by atoms with Crippen molar-refractivity contribution in [1.82, 2.24) is 9.88 Å². The summed E-state index contributed by atoms with van der Waals surface area (Å²) in [6.07, 6.45) is 4.58. The van der Waals surface area contributed by atoms with E-state index in [1.165, 1.54) is 17.4 Å². The number of piperidine rings is 1. The van der Waals surface area contributed by atoms with Crippen molar-refractivity contribution in [1.29, 1.82) is 0 Å². The van der Waals surface area contributed by atoms with Gasteiger partial charge in [-0.3, -0.25) is 4.79 Å². The zero-order valence-electron chi connectivity index (χ0n) is 10.3. The van der Waals surface area contributed by atoms with Crippen LogP contribution in [0.25, 0.3) is 10.9 Å². The van der Waals surface area contributed by atoms with Crippen molar-refractivity contribution in [3.05, 3.63) is 35.5 Å². The molecule has 18 heavy (non-hydrogen) atoms. The van der Waals surface area contributed by atoms with E-state index >= 15 is 0 Å². The van der Waals surface area contributed by atoms with Crippen LogP contribution in [-0.4, -0.2) is 28.4 Å². The Balaban J connectivity index is 1.91. The highest BCUT2D eigenvalue weighted by molar-refractivity contribution is 6.02. The molecular formula is C15H16N2O. The molecule has 1 saturated heterocycles. The zero-order chi connectivity index (χ0) is 12.1. The highest BCUT2D eigenvalue weighted by Crippen LogP contribution is 2.33. The molecule has 1 N–H and O–H groups in total. The molecule has 1 unspecified atom stereocenters. The van der Waals surface area contributed by atoms with Crippen LogP contribution < -0.4 is 0 Å². The molecule has 2 aromatic rings. The second-order valence-corrected chi connectivity index (χ2v) is 5.38. The van der Waals surface area contributed by atoms with E-state index in [0.29, 0.717) is 6.04 Å². The molecule has 3 heteroatoms. The number of hydrogen-bond donors (Lipinski definition) is 1. The van der Waals surface area contributed by atoms with E-state index in [0.717, 1.165) is 37.0 Å². The third-order valence-corrected chi connectivity index (χ3v) is 4.36. The fourth-order valence-electron chi connectivity index (χ4n) is 3.45. The Morgan fingerprint density at radius 2 is 2.11 bits per heavy atom. The summed E-state index contributed by atoms with van der Waals surface area (Å²) < 4.78 is 0. The van der Waals surface area contributed by atoms with Gasteiger partial charge in [-0.25, -0.2) is 0 Å². The number of hydrogen-bond acceptors (Lipinski definition) is 1. The lowest BCUT2D eigenvalue weighted by Gasteiger charge is -2.39. The molecule has 4 rings (SSSR count). The number of aromatic amines is 1. The fourth-order valence-corrected chi connectivity index (χ4v) is 3.45. The van der Waals surface area contributed by atoms with Gasteiger partial charge in [-0.05, 0) is 37.3 Å². The van der Waals surface area contributed by atoms with Crippen LogP contribution in [0.3, 0.4) is 0 Å². The number of H-pyrrole nitrogens is 1. The molecule has 0 radical (unpaired) electrons. The van der Waals surface area contributed by atoms with Gasteiger partial charge in [0.15, 0.2) is 0 Å². The first-order valence-electron chi connectivity index (χ1n) is 6.75. The first-order chi connectivity index (χ1) is 8.84. The van der Waals surface area contributed by atoms with E-state index in [4.69, 9.17) is 0 Å². The van der Waals surface area contributed by atoms with Gasteiger partial charge in [0.2, 0.25) is 0 Å². The first-order valence-corrected chi connectivity index (χ1v) is 6.75. The molecule has 92 valence electrons. The van der Waals surface area contributed by atoms with E-state index in [2.05, 4.69) is 22.0 Å². The minimum atomic E-state index is 0.206. The monoisotopic (exact) mass is 240 g/mol. The number of carbonyl (C=O) groups excluding carboxylic acids is 1. The Hall–Kier alpha value is -1.77. The van der Waals surface area contributed by atoms with Gasteiger partial charge in [-0.2, -0.15) is 0 Å². The predicted octanol–water partition coefficient (Wildman–Crippen LogP) is 2.72. The largest absolute Gasteiger partial charge is 0.350 e. The number of amides is 1. The van der Waals surface area contributed by atoms with Crippen molar-refractivity contribution >= 4 is 16.8 Å². The van der Waals surface area contributed by atoms with Gasteiger partial charge in [-0.1, -0.05) is 18.2 Å². The second-order valence-electron chi connectivity index (χ2n) is 5.38. The van der Waals surface area contributed by atoms with Gasteiger partial charge in [0.25, 0.3) is 5.91 Å². The average Bonchev–Trinajstić information content (AvgIpc) is 2.79. The van der Waals surface area contributed by atoms with Crippen LogP contribution in [0.5, 0.6) is 0 Å². The molecule has 1 atom stereocenters. The van der Waals surface area contributed by atoms with E-state index < -0.39 is 0 Å². The summed E-state index contributed by atoms with van der Waals surface area (Å²) in [5.74, 6) is 0.206. The molecular weight excluding hydrogens is 224 g/mol. The molecule has 0 bridgehead atoms. The Kier molecular flexibility index (Phi) is 2.04. The average molecular weight is 240 g/mol. The molecule has 1 aromatic carbocycles. The summed E-state index contributed by atoms with van der Waals surface area (Å²) >= 11 is 0. The summed E-state index contributed by atoms with van der Waals surface area (Å²) in [7, 11) is 0. The number of benzene rings is 1. The van der Waals surface area contributed by atoms with Crippen molar-refractivity contribution in [3.63, 3.8) is 0 Å². The van der Waals surface area contributed by atoms with Crippen molar-refractivity contribution in [2.75, 3.05) is 6.54 Å². The summed E-state index contributed by atoms with van der Waals surface area (Å²) in [6.45, 7) is 0.929. The molecule has 2 aliphatic rings. The summed E-state index contributed by atoms with van der Waals surface area (Å²) in [6, 6.07) is 8.67. The van der Waals surface area contributed by atoms with Crippen molar-refractivity contribution < 1.29 is 4.79 Å². The molecule has 3 nitrogen and oxygen atoms in total. The van der Waals surface area contributed by atoms with Crippen LogP contribution >= 0.6 is 0 Å². The van der Waals surface area contributed by atoms with Crippen LogP contribution in [0, 0.1) is 0 Å². The highest BCUT2D eigenvalue weighted by Gasteiger charge is 2.35. The standard InChI is InChI=1S/C15H16N2O/c18-15-14-12(9-10-5-3-4-8-17(10)15)11-6-1-2-7-13(11)16-14/h1-2,6-7,10,16H,3-5,8-9H2. The molecule has 1 amide bonds. The smallest absolute Gasteiger partial charge is 0.270 e. The van der Waals surface area contributed by atoms with Gasteiger partial charge in [-0.15, -0.1) is 0 Å². The van der Waals surface area contributed by atoms with Crippen molar-refractivity contribution in [3.8, 4) is 0 Å². The van der Waals surface area contributed by atoms with Gasteiger partial charge in [0.05, 0.1) is 0 Å². The van der Waals surface area contributed by atoms with Crippen LogP contribution in [-0.2, 0) is 6.42 Å². The first kappa shape index (κ1) is 10.2. The van der Waals surface area contributed by atoms with Gasteiger partial charge in [0, 0.05) is 23.5 Å². The lowest BCUT2D eigenvalue weighted by molar-refractivity contribution is 0.0577. The maximum Gasteiger partial charge on any atom is 0.270 e. The Morgan fingerprint density at radius 1 is 1.22 bits per heavy atom. The van der Waals surface area contributed by atoms with E-state index in [-0.39, 0.29) is 5.91 Å². The number of nitrogens with one attached hydrogen (secondary N) is 1. The molecule has 2 aliphatic heterocycles. The predicted molar refractivity (Wildman–Crippen MR) is 70.7 cm³/mol. The van der Waals surface area contributed by atoms with E-state index in [1.807, 2.05) is 12.1 Å². The zero-order valence-corrected chi connectivity index (χ0v) is 10.3. The number of carbonyl (C=O) groups is 1. The molecule has 3 heterocycles. The van der Waals surface area contributed by atoms with Crippen LogP contribution in [0.2, 0.25) is 0 Å². The third kappa shape index (κ3) is 1.27. The van der Waals surface area contributed by atoms with E-state index in [9.17, 15) is 4.79 Å². The number of para-hydroxylation sites is 1. The quantitative estimate of drug-likeness (QED) is 0.755. The summed E-state index contributed by atoms with van der Waals surface area (Å²) in [5, 5.41) is 1.23. The lowest BCUT2D eigenvalue weighted by atomic mass is 9.90. The topological polar surface area (TPSA) is 36.1 Å². The molecule has 0 saturated carbocycles. The maximum atomic E-state index is 12.5. The van der Waals surface area contributed by atoms with Crippen LogP contribution in [0.15, 0.2) is 24.3 Å². The highest BCUT2D eigenvalue weighted by atomic mass is 16.2. The van der Waals surface area contributed by atoms with Gasteiger partial charge < -0.3 is 9.88 Å². The SMILES string of the molecule is O=C1c2[nH]c3ccccc3c2CC2CCCCN12. The third-order valence-electron chi connectivity index (χ3n) is 4.36. The second kappa shape index (κ2) is 3.61. The fraction of sp³-hybridized carbons (Fsp3) is 0.400. The number of fused-ring (bicyclic) bond motifs is 4. The van der Waals surface area contributed by atoms with E-state index in [1.54, 1.807) is 0 Å². The Labute approximate surface area is 106 Å². The van der Waals surface area contributed by atoms with Gasteiger partial charge in [0.1, 0.15) is 5.69 Å². The van der Waals surface area contributed by atoms with Crippen LogP contribution in [0.1, 0.15) is 35.3 Å². The summed E-state index contributed by atoms with van der Waals surface area (Å²) in [4.78, 5) is 17.9. The molecule has 0 spiro atoms. The molecule has 1 aromatic heterocycles. The number of rotatable bonds is 0. The van der Waals surface area contributed by atoms with Crippen molar-refractivity contribution in [2.24, 2.45) is 0 Å². The Morgan fingerprint density at radius 3 is 3.06 bits per heavy atom. The summed E-state index contributed by atoms with van der Waals surface area (Å²) in [5.41, 5.74) is 3.16. The maximum absolute atomic E-state index is 12.5. The van der Waals surface area contributed by atoms with Gasteiger partial charge >= 0.3 is 0 Å². The Bertz CT molecular complexity index is 628. The lowest BCUT2D eigenvalue weighted by Crippen LogP contribution is -2.48. The van der Waals surface area contributed by atoms with Crippen molar-refractivity contribution in [2.45, 2.75) is 31.7 Å². The normalized spacial score (nSPS) is 23.0. The minimum absolute atomic E-state index is 0.206. The van der Waals surface area contributed by atoms with Crippen LogP contribution in [0.4, 0.5) is 0 Å². The minimum Gasteiger partial charge on any atom is -0.350 e. The number of aromatic nitrogens is 1. The molecule has 0 aliphatic carbocycles. The number of nitrogens with zero attached hydrogens (tertiary/aromatic N) is 1. The molecule has 1 fully saturated rings.